The number of anilines is 5. The quantitative estimate of drug-likeness (QED) is 0.319. The zero-order valence-corrected chi connectivity index (χ0v) is 20.1. The second-order valence-electron chi connectivity index (χ2n) is 7.61. The van der Waals surface area contributed by atoms with E-state index in [0.717, 1.165) is 12.0 Å². The Hall–Kier alpha value is -4.60. The van der Waals surface area contributed by atoms with E-state index in [4.69, 9.17) is 9.47 Å². The number of rotatable bonds is 11. The molecule has 0 unspecified atom stereocenters. The lowest BCUT2D eigenvalue weighted by Gasteiger charge is -2.23. The van der Waals surface area contributed by atoms with E-state index in [1.54, 1.807) is 56.8 Å². The van der Waals surface area contributed by atoms with Gasteiger partial charge < -0.3 is 29.9 Å². The Morgan fingerprint density at radius 2 is 1.74 bits per heavy atom. The number of nitrogens with one attached hydrogen (secondary N) is 2. The molecule has 0 saturated heterocycles. The van der Waals surface area contributed by atoms with Crippen LogP contribution in [0.3, 0.4) is 0 Å². The molecule has 0 atom stereocenters. The SMILES string of the molecule is C=CC(=O)Nc1ccccc1Nc1ncc(CN(C=O)c2cc(OC)cc(OC)c2)c(N(C)C)n1. The second-order valence-corrected chi connectivity index (χ2v) is 7.61. The molecule has 0 bridgehead atoms. The maximum absolute atomic E-state index is 12.0. The van der Waals surface area contributed by atoms with Crippen LogP contribution in [0.4, 0.5) is 28.8 Å². The van der Waals surface area contributed by atoms with Crippen molar-refractivity contribution in [3.63, 3.8) is 0 Å². The second kappa shape index (κ2) is 11.5. The fraction of sp³-hybridized carbons (Fsp3) is 0.200. The van der Waals surface area contributed by atoms with E-state index in [1.165, 1.54) is 11.0 Å². The molecule has 3 rings (SSSR count). The number of aromatic nitrogens is 2. The van der Waals surface area contributed by atoms with E-state index in [9.17, 15) is 9.59 Å². The van der Waals surface area contributed by atoms with Crippen molar-refractivity contribution in [3.8, 4) is 11.5 Å². The molecule has 10 nitrogen and oxygen atoms in total. The van der Waals surface area contributed by atoms with Crippen molar-refractivity contribution < 1.29 is 19.1 Å². The predicted octanol–water partition coefficient (Wildman–Crippen LogP) is 3.59. The summed E-state index contributed by atoms with van der Waals surface area (Å²) in [6.45, 7) is 3.70. The van der Waals surface area contributed by atoms with Crippen molar-refractivity contribution >= 4 is 41.1 Å². The molecule has 35 heavy (non-hydrogen) atoms. The minimum atomic E-state index is -0.326. The summed E-state index contributed by atoms with van der Waals surface area (Å²) in [6, 6.07) is 12.4. The lowest BCUT2D eigenvalue weighted by atomic mass is 10.2. The third-order valence-corrected chi connectivity index (χ3v) is 5.02. The van der Waals surface area contributed by atoms with Crippen LogP contribution in [0.15, 0.2) is 61.3 Å². The number of hydrogen-bond donors (Lipinski definition) is 2. The molecule has 2 N–H and O–H groups in total. The summed E-state index contributed by atoms with van der Waals surface area (Å²) in [4.78, 5) is 36.2. The van der Waals surface area contributed by atoms with Gasteiger partial charge in [-0.15, -0.1) is 0 Å². The fourth-order valence-corrected chi connectivity index (χ4v) is 3.29. The normalized spacial score (nSPS) is 10.2. The molecular formula is C25H28N6O4. The van der Waals surface area contributed by atoms with Crippen molar-refractivity contribution in [1.82, 2.24) is 9.97 Å². The minimum Gasteiger partial charge on any atom is -0.497 e. The first-order chi connectivity index (χ1) is 16.9. The van der Waals surface area contributed by atoms with E-state index in [0.29, 0.717) is 40.3 Å². The highest BCUT2D eigenvalue weighted by Crippen LogP contribution is 2.30. The topological polar surface area (TPSA) is 109 Å². The van der Waals surface area contributed by atoms with Crippen molar-refractivity contribution in [1.29, 1.82) is 0 Å². The molecule has 2 aromatic carbocycles. The first kappa shape index (κ1) is 25.0. The number of benzene rings is 2. The Balaban J connectivity index is 1.90. The van der Waals surface area contributed by atoms with E-state index >= 15 is 0 Å². The number of para-hydroxylation sites is 2. The minimum absolute atomic E-state index is 0.222. The Kier molecular flexibility index (Phi) is 8.23. The molecule has 2 amide bonds. The molecule has 3 aromatic rings. The van der Waals surface area contributed by atoms with Gasteiger partial charge >= 0.3 is 0 Å². The van der Waals surface area contributed by atoms with Crippen LogP contribution in [0.5, 0.6) is 11.5 Å². The van der Waals surface area contributed by atoms with Crippen LogP contribution in [0, 0.1) is 0 Å². The first-order valence-corrected chi connectivity index (χ1v) is 10.7. The number of nitrogens with zero attached hydrogens (tertiary/aromatic N) is 4. The number of carbonyl (C=O) groups excluding carboxylic acids is 2. The van der Waals surface area contributed by atoms with Crippen molar-refractivity contribution in [2.24, 2.45) is 0 Å². The van der Waals surface area contributed by atoms with Crippen molar-refractivity contribution in [2.45, 2.75) is 6.54 Å². The maximum atomic E-state index is 12.0. The van der Waals surface area contributed by atoms with Crippen LogP contribution >= 0.6 is 0 Å². The van der Waals surface area contributed by atoms with Gasteiger partial charge in [0.05, 0.1) is 37.8 Å². The molecule has 1 aromatic heterocycles. The Labute approximate surface area is 204 Å². The summed E-state index contributed by atoms with van der Waals surface area (Å²) in [6.07, 6.45) is 3.59. The summed E-state index contributed by atoms with van der Waals surface area (Å²) in [5.41, 5.74) is 2.52. The lowest BCUT2D eigenvalue weighted by Crippen LogP contribution is -2.23. The van der Waals surface area contributed by atoms with Crippen LogP contribution in [0.1, 0.15) is 5.56 Å². The highest BCUT2D eigenvalue weighted by atomic mass is 16.5. The number of hydrogen-bond acceptors (Lipinski definition) is 8. The van der Waals surface area contributed by atoms with Gasteiger partial charge in [0.25, 0.3) is 0 Å². The monoisotopic (exact) mass is 476 g/mol. The van der Waals surface area contributed by atoms with Gasteiger partial charge in [0.2, 0.25) is 18.3 Å². The van der Waals surface area contributed by atoms with Gasteiger partial charge in [0, 0.05) is 44.1 Å². The van der Waals surface area contributed by atoms with Crippen LogP contribution in [0.25, 0.3) is 0 Å². The standard InChI is InChI=1S/C25H28N6O4/c1-6-23(33)27-21-9-7-8-10-22(21)28-25-26-14-17(24(29-25)30(2)3)15-31(16-32)18-11-19(34-4)13-20(12-18)35-5/h6-14,16H,1,15H2,2-5H3,(H,27,33)(H,26,28,29). The maximum Gasteiger partial charge on any atom is 0.247 e. The Morgan fingerprint density at radius 1 is 1.09 bits per heavy atom. The number of amides is 2. The van der Waals surface area contributed by atoms with Crippen molar-refractivity contribution in [2.75, 3.05) is 48.7 Å². The Morgan fingerprint density at radius 3 is 2.31 bits per heavy atom. The fourth-order valence-electron chi connectivity index (χ4n) is 3.29. The van der Waals surface area contributed by atoms with Crippen LogP contribution in [-0.4, -0.2) is 50.6 Å². The van der Waals surface area contributed by atoms with E-state index in [-0.39, 0.29) is 12.5 Å². The number of ether oxygens (including phenoxy) is 2. The van der Waals surface area contributed by atoms with E-state index in [1.807, 2.05) is 25.1 Å². The predicted molar refractivity (Wildman–Crippen MR) is 137 cm³/mol. The van der Waals surface area contributed by atoms with Crippen LogP contribution < -0.4 is 29.9 Å². The average molecular weight is 477 g/mol. The van der Waals surface area contributed by atoms with Crippen LogP contribution in [0.2, 0.25) is 0 Å². The summed E-state index contributed by atoms with van der Waals surface area (Å²) in [5, 5.41) is 5.89. The summed E-state index contributed by atoms with van der Waals surface area (Å²) in [5.74, 6) is 1.76. The molecule has 10 heteroatoms. The van der Waals surface area contributed by atoms with Gasteiger partial charge in [-0.25, -0.2) is 4.98 Å². The molecule has 0 aliphatic heterocycles. The van der Waals surface area contributed by atoms with E-state index < -0.39 is 0 Å². The zero-order chi connectivity index (χ0) is 25.4. The average Bonchev–Trinajstić information content (AvgIpc) is 2.88. The summed E-state index contributed by atoms with van der Waals surface area (Å²) >= 11 is 0. The Bertz CT molecular complexity index is 1190. The third-order valence-electron chi connectivity index (χ3n) is 5.02. The van der Waals surface area contributed by atoms with E-state index in [2.05, 4.69) is 27.2 Å². The molecule has 0 saturated carbocycles. The lowest BCUT2D eigenvalue weighted by molar-refractivity contribution is -0.112. The van der Waals surface area contributed by atoms with Gasteiger partial charge in [0.15, 0.2) is 0 Å². The van der Waals surface area contributed by atoms with Gasteiger partial charge in [-0.05, 0) is 18.2 Å². The zero-order valence-electron chi connectivity index (χ0n) is 20.1. The smallest absolute Gasteiger partial charge is 0.247 e. The number of carbonyl (C=O) groups is 2. The number of methoxy groups -OCH3 is 2. The molecule has 0 aliphatic rings. The van der Waals surface area contributed by atoms with Gasteiger partial charge in [-0.2, -0.15) is 4.98 Å². The van der Waals surface area contributed by atoms with Gasteiger partial charge in [-0.3, -0.25) is 9.59 Å². The molecule has 0 fully saturated rings. The highest BCUT2D eigenvalue weighted by molar-refractivity contribution is 6.01. The molecular weight excluding hydrogens is 448 g/mol. The molecule has 182 valence electrons. The molecule has 1 heterocycles. The largest absolute Gasteiger partial charge is 0.497 e. The van der Waals surface area contributed by atoms with Gasteiger partial charge in [-0.1, -0.05) is 18.7 Å². The molecule has 0 aliphatic carbocycles. The first-order valence-electron chi connectivity index (χ1n) is 10.7. The summed E-state index contributed by atoms with van der Waals surface area (Å²) < 4.78 is 10.6. The molecule has 0 radical (unpaired) electrons. The summed E-state index contributed by atoms with van der Waals surface area (Å²) in [7, 11) is 6.81. The third kappa shape index (κ3) is 6.26. The van der Waals surface area contributed by atoms with Gasteiger partial charge in [0.1, 0.15) is 17.3 Å². The highest BCUT2D eigenvalue weighted by Gasteiger charge is 2.16. The van der Waals surface area contributed by atoms with Crippen molar-refractivity contribution in [3.05, 3.63) is 66.9 Å². The molecule has 0 spiro atoms. The van der Waals surface area contributed by atoms with Crippen LogP contribution in [-0.2, 0) is 16.1 Å².